The summed E-state index contributed by atoms with van der Waals surface area (Å²) in [6, 6.07) is 19.4. The molecule has 7 nitrogen and oxygen atoms in total. The molecule has 2 heterocycles. The smallest absolute Gasteiger partial charge is 0.338 e. The van der Waals surface area contributed by atoms with Crippen molar-refractivity contribution in [1.29, 1.82) is 0 Å². The van der Waals surface area contributed by atoms with Crippen LogP contribution in [0.3, 0.4) is 0 Å². The van der Waals surface area contributed by atoms with E-state index >= 15 is 0 Å². The maximum absolute atomic E-state index is 14.0. The van der Waals surface area contributed by atoms with Gasteiger partial charge in [-0.2, -0.15) is 0 Å². The number of fused-ring (bicyclic) bond motifs is 1. The van der Waals surface area contributed by atoms with Gasteiger partial charge in [-0.15, -0.1) is 0 Å². The number of thiazole rings is 1. The van der Waals surface area contributed by atoms with E-state index in [-0.39, 0.29) is 24.9 Å². The van der Waals surface area contributed by atoms with Crippen molar-refractivity contribution in [1.82, 2.24) is 4.57 Å². The van der Waals surface area contributed by atoms with E-state index in [1.165, 1.54) is 11.3 Å². The molecule has 0 amide bonds. The Bertz CT molecular complexity index is 1880. The minimum atomic E-state index is -0.761. The van der Waals surface area contributed by atoms with E-state index in [9.17, 15) is 9.59 Å². The van der Waals surface area contributed by atoms with Crippen LogP contribution in [-0.4, -0.2) is 23.2 Å². The van der Waals surface area contributed by atoms with Crippen molar-refractivity contribution in [2.75, 3.05) is 6.61 Å². The van der Waals surface area contributed by atoms with Crippen LogP contribution in [0.2, 0.25) is 10.0 Å². The summed E-state index contributed by atoms with van der Waals surface area (Å²) in [5.74, 6) is 0.725. The van der Waals surface area contributed by atoms with Gasteiger partial charge in [0, 0.05) is 21.2 Å². The molecular formula is C33H30Cl2N2O5S. The molecule has 1 aromatic heterocycles. The van der Waals surface area contributed by atoms with Gasteiger partial charge in [-0.25, -0.2) is 9.79 Å². The number of ether oxygens (including phenoxy) is 3. The average molecular weight is 638 g/mol. The van der Waals surface area contributed by atoms with Crippen LogP contribution in [0.5, 0.6) is 11.5 Å². The van der Waals surface area contributed by atoms with Gasteiger partial charge in [0.25, 0.3) is 5.56 Å². The third kappa shape index (κ3) is 6.72. The van der Waals surface area contributed by atoms with E-state index in [0.717, 1.165) is 11.1 Å². The number of esters is 1. The number of aromatic nitrogens is 1. The fourth-order valence-electron chi connectivity index (χ4n) is 4.76. The number of rotatable bonds is 9. The Morgan fingerprint density at radius 2 is 1.84 bits per heavy atom. The Morgan fingerprint density at radius 3 is 2.53 bits per heavy atom. The molecule has 10 heteroatoms. The number of carbonyl (C=O) groups excluding carboxylic acids is 1. The molecule has 0 bridgehead atoms. The number of para-hydroxylation sites is 1. The molecule has 1 atom stereocenters. The molecule has 4 aromatic rings. The van der Waals surface area contributed by atoms with Crippen LogP contribution in [0.15, 0.2) is 87.8 Å². The van der Waals surface area contributed by atoms with Crippen molar-refractivity contribution in [2.24, 2.45) is 4.99 Å². The molecule has 43 heavy (non-hydrogen) atoms. The molecule has 1 aliphatic heterocycles. The lowest BCUT2D eigenvalue weighted by Gasteiger charge is -2.26. The highest BCUT2D eigenvalue weighted by atomic mass is 35.5. The zero-order valence-corrected chi connectivity index (χ0v) is 26.4. The Balaban J connectivity index is 1.52. The van der Waals surface area contributed by atoms with Gasteiger partial charge in [0.1, 0.15) is 24.1 Å². The van der Waals surface area contributed by atoms with Crippen molar-refractivity contribution in [2.45, 2.75) is 46.4 Å². The standard InChI is InChI=1S/C33H30Cl2N2O5S/c1-5-40-32(39)29-20(4)36-33-37(30(29)25-8-6-7-9-27(25)42-19(2)3)31(38)28(43-33)16-21-10-14-24(15-11-21)41-18-22-12-13-23(34)17-26(22)35/h6-17,19,30H,5,18H2,1-4H3/b28-16+/t30-/m0/s1. The quantitative estimate of drug-likeness (QED) is 0.197. The molecule has 222 valence electrons. The molecule has 1 aliphatic rings. The Kier molecular flexibility index (Phi) is 9.40. The van der Waals surface area contributed by atoms with Crippen molar-refractivity contribution in [3.63, 3.8) is 0 Å². The fourth-order valence-corrected chi connectivity index (χ4v) is 6.27. The Labute approximate surface area is 263 Å². The normalized spacial score (nSPS) is 14.9. The molecule has 0 spiro atoms. The minimum absolute atomic E-state index is 0.108. The number of hydrogen-bond donors (Lipinski definition) is 0. The number of nitrogens with zero attached hydrogens (tertiary/aromatic N) is 2. The van der Waals surface area contributed by atoms with Crippen LogP contribution in [0, 0.1) is 0 Å². The lowest BCUT2D eigenvalue weighted by molar-refractivity contribution is -0.139. The number of allylic oxidation sites excluding steroid dienone is 1. The highest BCUT2D eigenvalue weighted by Crippen LogP contribution is 2.36. The predicted octanol–water partition coefficient (Wildman–Crippen LogP) is 6.47. The van der Waals surface area contributed by atoms with Crippen molar-refractivity contribution in [3.8, 4) is 11.5 Å². The molecule has 0 N–H and O–H groups in total. The van der Waals surface area contributed by atoms with Gasteiger partial charge >= 0.3 is 5.97 Å². The zero-order chi connectivity index (χ0) is 30.7. The van der Waals surface area contributed by atoms with Gasteiger partial charge in [-0.1, -0.05) is 70.9 Å². The van der Waals surface area contributed by atoms with E-state index in [1.54, 1.807) is 36.6 Å². The summed E-state index contributed by atoms with van der Waals surface area (Å²) < 4.78 is 19.4. The summed E-state index contributed by atoms with van der Waals surface area (Å²) in [4.78, 5) is 32.4. The summed E-state index contributed by atoms with van der Waals surface area (Å²) in [7, 11) is 0. The molecule has 0 saturated carbocycles. The van der Waals surface area contributed by atoms with Crippen LogP contribution in [0.25, 0.3) is 6.08 Å². The van der Waals surface area contributed by atoms with Crippen LogP contribution >= 0.6 is 34.5 Å². The first kappa shape index (κ1) is 30.6. The summed E-state index contributed by atoms with van der Waals surface area (Å²) in [5, 5.41) is 1.10. The maximum Gasteiger partial charge on any atom is 0.338 e. The predicted molar refractivity (Wildman–Crippen MR) is 170 cm³/mol. The first-order valence-corrected chi connectivity index (χ1v) is 15.4. The van der Waals surface area contributed by atoms with Crippen molar-refractivity contribution in [3.05, 3.63) is 124 Å². The second-order valence-corrected chi connectivity index (χ2v) is 12.0. The van der Waals surface area contributed by atoms with E-state index in [4.69, 9.17) is 37.4 Å². The third-order valence-corrected chi connectivity index (χ3v) is 8.25. The maximum atomic E-state index is 14.0. The molecule has 0 fully saturated rings. The Hall–Kier alpha value is -3.85. The summed E-state index contributed by atoms with van der Waals surface area (Å²) in [6.45, 7) is 7.86. The van der Waals surface area contributed by atoms with E-state index < -0.39 is 12.0 Å². The summed E-state index contributed by atoms with van der Waals surface area (Å²) in [6.07, 6.45) is 1.70. The van der Waals surface area contributed by atoms with Crippen molar-refractivity contribution < 1.29 is 19.0 Å². The third-order valence-electron chi connectivity index (χ3n) is 6.68. The summed E-state index contributed by atoms with van der Waals surface area (Å²) >= 11 is 13.5. The van der Waals surface area contributed by atoms with Crippen LogP contribution in [0.1, 0.15) is 50.4 Å². The second-order valence-electron chi connectivity index (χ2n) is 10.1. The fraction of sp³-hybridized carbons (Fsp3) is 0.242. The van der Waals surface area contributed by atoms with Gasteiger partial charge < -0.3 is 14.2 Å². The first-order valence-electron chi connectivity index (χ1n) is 13.8. The number of carbonyl (C=O) groups is 1. The van der Waals surface area contributed by atoms with E-state index in [0.29, 0.717) is 47.7 Å². The van der Waals surface area contributed by atoms with E-state index in [2.05, 4.69) is 4.99 Å². The molecule has 0 radical (unpaired) electrons. The summed E-state index contributed by atoms with van der Waals surface area (Å²) in [5.41, 5.74) is 2.86. The molecule has 0 unspecified atom stereocenters. The zero-order valence-electron chi connectivity index (χ0n) is 24.1. The lowest BCUT2D eigenvalue weighted by atomic mass is 9.95. The largest absolute Gasteiger partial charge is 0.491 e. The number of hydrogen-bond acceptors (Lipinski definition) is 7. The van der Waals surface area contributed by atoms with Crippen LogP contribution in [-0.2, 0) is 16.1 Å². The monoisotopic (exact) mass is 636 g/mol. The van der Waals surface area contributed by atoms with Gasteiger partial charge in [0.15, 0.2) is 4.80 Å². The van der Waals surface area contributed by atoms with Gasteiger partial charge in [0.05, 0.1) is 28.5 Å². The van der Waals surface area contributed by atoms with E-state index in [1.807, 2.05) is 68.4 Å². The van der Waals surface area contributed by atoms with Gasteiger partial charge in [-0.3, -0.25) is 9.36 Å². The SMILES string of the molecule is CCOC(=O)C1=C(C)N=c2s/c(=C/c3ccc(OCc4ccc(Cl)cc4Cl)cc3)c(=O)n2[C@H]1c1ccccc1OC(C)C. The number of benzene rings is 3. The number of halogens is 2. The molecular weight excluding hydrogens is 607 g/mol. The van der Waals surface area contributed by atoms with Crippen LogP contribution in [0.4, 0.5) is 0 Å². The minimum Gasteiger partial charge on any atom is -0.491 e. The highest BCUT2D eigenvalue weighted by Gasteiger charge is 2.35. The van der Waals surface area contributed by atoms with Gasteiger partial charge in [0.2, 0.25) is 0 Å². The van der Waals surface area contributed by atoms with Gasteiger partial charge in [-0.05, 0) is 69.7 Å². The first-order chi connectivity index (χ1) is 20.7. The molecule has 5 rings (SSSR count). The lowest BCUT2D eigenvalue weighted by Crippen LogP contribution is -2.40. The molecule has 3 aromatic carbocycles. The van der Waals surface area contributed by atoms with Crippen LogP contribution < -0.4 is 24.4 Å². The Morgan fingerprint density at radius 1 is 1.09 bits per heavy atom. The highest BCUT2D eigenvalue weighted by molar-refractivity contribution is 7.07. The topological polar surface area (TPSA) is 79.1 Å². The van der Waals surface area contributed by atoms with Crippen molar-refractivity contribution >= 4 is 46.6 Å². The average Bonchev–Trinajstić information content (AvgIpc) is 3.26. The second kappa shape index (κ2) is 13.2. The molecule has 0 aliphatic carbocycles. The molecule has 0 saturated heterocycles.